The molecular weight excluding hydrogens is 264 g/mol. The van der Waals surface area contributed by atoms with Gasteiger partial charge in [-0.3, -0.25) is 4.90 Å². The summed E-state index contributed by atoms with van der Waals surface area (Å²) in [5.74, 6) is 0.692. The van der Waals surface area contributed by atoms with E-state index in [0.717, 1.165) is 39.2 Å². The van der Waals surface area contributed by atoms with E-state index >= 15 is 0 Å². The van der Waals surface area contributed by atoms with Crippen LogP contribution in [0.25, 0.3) is 0 Å². The maximum atomic E-state index is 6.20. The van der Waals surface area contributed by atoms with E-state index in [9.17, 15) is 0 Å². The number of nitrogens with two attached hydrogens (primary N) is 1. The van der Waals surface area contributed by atoms with Crippen LogP contribution >= 0.6 is 0 Å². The van der Waals surface area contributed by atoms with Crippen LogP contribution in [-0.2, 0) is 9.47 Å². The van der Waals surface area contributed by atoms with E-state index in [-0.39, 0.29) is 5.60 Å². The molecule has 2 saturated heterocycles. The van der Waals surface area contributed by atoms with Gasteiger partial charge in [0.05, 0.1) is 5.60 Å². The Balaban J connectivity index is 1.64. The van der Waals surface area contributed by atoms with Crippen molar-refractivity contribution in [1.82, 2.24) is 4.90 Å². The van der Waals surface area contributed by atoms with Crippen molar-refractivity contribution in [3.8, 4) is 0 Å². The Morgan fingerprint density at radius 2 is 1.86 bits per heavy atom. The van der Waals surface area contributed by atoms with Crippen molar-refractivity contribution in [2.45, 2.75) is 69.1 Å². The van der Waals surface area contributed by atoms with Gasteiger partial charge in [-0.25, -0.2) is 0 Å². The summed E-state index contributed by atoms with van der Waals surface area (Å²) in [6.45, 7) is 3.49. The third-order valence-corrected chi connectivity index (χ3v) is 6.14. The SMILES string of the molecule is CN(C1CCOC2(CCOCC2)C1)C1CCCCC1CN. The summed E-state index contributed by atoms with van der Waals surface area (Å²) in [6, 6.07) is 1.35. The molecule has 1 saturated carbocycles. The zero-order valence-electron chi connectivity index (χ0n) is 13.6. The highest BCUT2D eigenvalue weighted by molar-refractivity contribution is 4.94. The van der Waals surface area contributed by atoms with Crippen molar-refractivity contribution in [3.63, 3.8) is 0 Å². The van der Waals surface area contributed by atoms with Crippen LogP contribution < -0.4 is 5.73 Å². The third kappa shape index (κ3) is 3.44. The normalized spacial score (nSPS) is 37.0. The Morgan fingerprint density at radius 1 is 1.10 bits per heavy atom. The van der Waals surface area contributed by atoms with Gasteiger partial charge >= 0.3 is 0 Å². The molecule has 3 fully saturated rings. The number of ether oxygens (including phenoxy) is 2. The smallest absolute Gasteiger partial charge is 0.0741 e. The fourth-order valence-corrected chi connectivity index (χ4v) is 4.71. The van der Waals surface area contributed by atoms with Gasteiger partial charge in [-0.2, -0.15) is 0 Å². The zero-order valence-corrected chi connectivity index (χ0v) is 13.6. The lowest BCUT2D eigenvalue weighted by atomic mass is 9.80. The summed E-state index contributed by atoms with van der Waals surface area (Å²) in [7, 11) is 2.33. The summed E-state index contributed by atoms with van der Waals surface area (Å²) in [5, 5.41) is 0. The standard InChI is InChI=1S/C17H32N2O2/c1-19(16-5-3-2-4-14(16)13-18)15-6-9-21-17(12-15)7-10-20-11-8-17/h14-16H,2-13,18H2,1H3. The van der Waals surface area contributed by atoms with E-state index in [1.807, 2.05) is 0 Å². The monoisotopic (exact) mass is 296 g/mol. The van der Waals surface area contributed by atoms with Crippen LogP contribution in [0.2, 0.25) is 0 Å². The van der Waals surface area contributed by atoms with Crippen LogP contribution in [0.5, 0.6) is 0 Å². The molecule has 2 aliphatic heterocycles. The van der Waals surface area contributed by atoms with E-state index in [1.165, 1.54) is 38.5 Å². The molecule has 1 spiro atoms. The van der Waals surface area contributed by atoms with E-state index in [0.29, 0.717) is 18.0 Å². The van der Waals surface area contributed by atoms with Crippen molar-refractivity contribution in [2.24, 2.45) is 11.7 Å². The zero-order chi connectivity index (χ0) is 14.7. The number of hydrogen-bond acceptors (Lipinski definition) is 4. The molecule has 21 heavy (non-hydrogen) atoms. The van der Waals surface area contributed by atoms with Gasteiger partial charge in [-0.15, -0.1) is 0 Å². The predicted molar refractivity (Wildman–Crippen MR) is 84.3 cm³/mol. The minimum atomic E-state index is 0.0995. The van der Waals surface area contributed by atoms with Crippen molar-refractivity contribution >= 4 is 0 Å². The molecule has 0 bridgehead atoms. The second-order valence-electron chi connectivity index (χ2n) is 7.30. The van der Waals surface area contributed by atoms with Crippen molar-refractivity contribution < 1.29 is 9.47 Å². The summed E-state index contributed by atoms with van der Waals surface area (Å²) >= 11 is 0. The van der Waals surface area contributed by atoms with Gasteiger partial charge in [0.15, 0.2) is 0 Å². The van der Waals surface area contributed by atoms with Crippen LogP contribution in [0.3, 0.4) is 0 Å². The van der Waals surface area contributed by atoms with Crippen molar-refractivity contribution in [2.75, 3.05) is 33.4 Å². The Morgan fingerprint density at radius 3 is 2.62 bits per heavy atom. The van der Waals surface area contributed by atoms with Gasteiger partial charge in [0, 0.05) is 31.9 Å². The van der Waals surface area contributed by atoms with Gasteiger partial charge in [0.2, 0.25) is 0 Å². The molecular formula is C17H32N2O2. The fraction of sp³-hybridized carbons (Fsp3) is 1.00. The molecule has 0 aromatic rings. The third-order valence-electron chi connectivity index (χ3n) is 6.14. The van der Waals surface area contributed by atoms with Crippen LogP contribution in [0.1, 0.15) is 51.4 Å². The molecule has 3 rings (SSSR count). The fourth-order valence-electron chi connectivity index (χ4n) is 4.71. The molecule has 3 atom stereocenters. The summed E-state index contributed by atoms with van der Waals surface area (Å²) in [6.07, 6.45) is 9.87. The lowest BCUT2D eigenvalue weighted by Crippen LogP contribution is -2.54. The Bertz CT molecular complexity index is 325. The molecule has 4 heteroatoms. The maximum Gasteiger partial charge on any atom is 0.0741 e. The molecule has 4 nitrogen and oxygen atoms in total. The minimum absolute atomic E-state index is 0.0995. The summed E-state index contributed by atoms with van der Waals surface area (Å²) in [4.78, 5) is 2.66. The molecule has 3 unspecified atom stereocenters. The molecule has 2 heterocycles. The molecule has 1 aliphatic carbocycles. The van der Waals surface area contributed by atoms with Crippen LogP contribution in [0.15, 0.2) is 0 Å². The lowest BCUT2D eigenvalue weighted by Gasteiger charge is -2.49. The van der Waals surface area contributed by atoms with E-state index < -0.39 is 0 Å². The predicted octanol–water partition coefficient (Wildman–Crippen LogP) is 2.16. The average molecular weight is 296 g/mol. The largest absolute Gasteiger partial charge is 0.381 e. The second kappa shape index (κ2) is 6.95. The van der Waals surface area contributed by atoms with Crippen LogP contribution in [0.4, 0.5) is 0 Å². The quantitative estimate of drug-likeness (QED) is 0.867. The lowest BCUT2D eigenvalue weighted by molar-refractivity contribution is -0.154. The highest BCUT2D eigenvalue weighted by Crippen LogP contribution is 2.38. The van der Waals surface area contributed by atoms with E-state index in [1.54, 1.807) is 0 Å². The van der Waals surface area contributed by atoms with Gasteiger partial charge in [-0.1, -0.05) is 12.8 Å². The first-order chi connectivity index (χ1) is 10.2. The number of hydrogen-bond donors (Lipinski definition) is 1. The molecule has 2 N–H and O–H groups in total. The average Bonchev–Trinajstić information content (AvgIpc) is 2.55. The van der Waals surface area contributed by atoms with Crippen molar-refractivity contribution in [3.05, 3.63) is 0 Å². The second-order valence-corrected chi connectivity index (χ2v) is 7.30. The first-order valence-electron chi connectivity index (χ1n) is 8.88. The summed E-state index contributed by atoms with van der Waals surface area (Å²) in [5.41, 5.74) is 6.13. The number of rotatable bonds is 3. The van der Waals surface area contributed by atoms with Gasteiger partial charge in [0.1, 0.15) is 0 Å². The van der Waals surface area contributed by atoms with E-state index in [4.69, 9.17) is 15.2 Å². The van der Waals surface area contributed by atoms with Crippen LogP contribution in [0, 0.1) is 5.92 Å². The molecule has 0 aromatic carbocycles. The maximum absolute atomic E-state index is 6.20. The summed E-state index contributed by atoms with van der Waals surface area (Å²) < 4.78 is 11.7. The topological polar surface area (TPSA) is 47.7 Å². The minimum Gasteiger partial charge on any atom is -0.381 e. The van der Waals surface area contributed by atoms with Gasteiger partial charge < -0.3 is 15.2 Å². The number of nitrogens with zero attached hydrogens (tertiary/aromatic N) is 1. The van der Waals surface area contributed by atoms with Gasteiger partial charge in [-0.05, 0) is 58.0 Å². The Kier molecular flexibility index (Phi) is 5.20. The molecule has 0 amide bonds. The first kappa shape index (κ1) is 15.7. The Hall–Kier alpha value is -0.160. The molecule has 3 aliphatic rings. The first-order valence-corrected chi connectivity index (χ1v) is 8.88. The van der Waals surface area contributed by atoms with Crippen LogP contribution in [-0.4, -0.2) is 56.0 Å². The molecule has 122 valence electrons. The van der Waals surface area contributed by atoms with Crippen molar-refractivity contribution in [1.29, 1.82) is 0 Å². The molecule has 0 radical (unpaired) electrons. The molecule has 0 aromatic heterocycles. The highest BCUT2D eigenvalue weighted by Gasteiger charge is 2.42. The highest BCUT2D eigenvalue weighted by atomic mass is 16.5. The van der Waals surface area contributed by atoms with E-state index in [2.05, 4.69) is 11.9 Å². The van der Waals surface area contributed by atoms with Gasteiger partial charge in [0.25, 0.3) is 0 Å². The Labute approximate surface area is 129 Å².